The maximum Gasteiger partial charge on any atom is 0.270 e. The fraction of sp³-hybridized carbons (Fsp3) is 0.400. The van der Waals surface area contributed by atoms with Gasteiger partial charge in [-0.15, -0.1) is 0 Å². The minimum atomic E-state index is -0.300. The second kappa shape index (κ2) is 4.37. The summed E-state index contributed by atoms with van der Waals surface area (Å²) in [5, 5.41) is 0.471. The smallest absolute Gasteiger partial charge is 0.270 e. The third-order valence-electron chi connectivity index (χ3n) is 4.08. The minimum Gasteiger partial charge on any atom is -0.350 e. The second-order valence-corrected chi connectivity index (χ2v) is 5.38. The summed E-state index contributed by atoms with van der Waals surface area (Å²) in [6.45, 7) is 2.07. The zero-order valence-corrected chi connectivity index (χ0v) is 11.1. The molecule has 0 aliphatic heterocycles. The first kappa shape index (κ1) is 12.2. The van der Waals surface area contributed by atoms with E-state index in [1.165, 1.54) is 18.9 Å². The first-order valence-corrected chi connectivity index (χ1v) is 6.62. The van der Waals surface area contributed by atoms with Crippen molar-refractivity contribution in [3.63, 3.8) is 0 Å². The van der Waals surface area contributed by atoms with Gasteiger partial charge in [-0.3, -0.25) is 4.79 Å². The normalized spacial score (nSPS) is 16.6. The van der Waals surface area contributed by atoms with E-state index in [9.17, 15) is 9.18 Å². The van der Waals surface area contributed by atoms with Crippen LogP contribution in [-0.4, -0.2) is 28.9 Å². The van der Waals surface area contributed by atoms with Crippen LogP contribution in [0.15, 0.2) is 24.3 Å². The predicted octanol–water partition coefficient (Wildman–Crippen LogP) is 3.18. The fourth-order valence-corrected chi connectivity index (χ4v) is 2.50. The van der Waals surface area contributed by atoms with Crippen molar-refractivity contribution < 1.29 is 9.18 Å². The van der Waals surface area contributed by atoms with Crippen LogP contribution in [0.5, 0.6) is 0 Å². The van der Waals surface area contributed by atoms with Gasteiger partial charge in [-0.05, 0) is 43.9 Å². The molecule has 19 heavy (non-hydrogen) atoms. The Morgan fingerprint density at radius 2 is 2.21 bits per heavy atom. The third kappa shape index (κ3) is 2.11. The molecule has 1 aromatic carbocycles. The van der Waals surface area contributed by atoms with E-state index in [0.29, 0.717) is 22.5 Å². The van der Waals surface area contributed by atoms with Crippen LogP contribution < -0.4 is 0 Å². The monoisotopic (exact) mass is 260 g/mol. The van der Waals surface area contributed by atoms with Gasteiger partial charge in [0.25, 0.3) is 5.91 Å². The number of carbonyl (C=O) groups is 1. The Hall–Kier alpha value is -1.84. The Kier molecular flexibility index (Phi) is 2.81. The van der Waals surface area contributed by atoms with Crippen LogP contribution in [0, 0.1) is 11.7 Å². The standard InChI is InChI=1S/C15H17FN2O/c1-9(10-6-7-10)18(2)15(19)14-8-11-12(16)4-3-5-13(11)17-14/h3-5,8-10,17H,6-7H2,1-2H3. The lowest BCUT2D eigenvalue weighted by molar-refractivity contribution is 0.0722. The van der Waals surface area contributed by atoms with Gasteiger partial charge in [-0.1, -0.05) is 6.07 Å². The van der Waals surface area contributed by atoms with Gasteiger partial charge in [0, 0.05) is 24.0 Å². The molecule has 2 aromatic rings. The molecule has 100 valence electrons. The molecular formula is C15H17FN2O. The van der Waals surface area contributed by atoms with Gasteiger partial charge in [0.2, 0.25) is 0 Å². The number of halogens is 1. The van der Waals surface area contributed by atoms with Crippen LogP contribution in [-0.2, 0) is 0 Å². The van der Waals surface area contributed by atoms with Crippen LogP contribution in [0.25, 0.3) is 10.9 Å². The Labute approximate surface area is 111 Å². The summed E-state index contributed by atoms with van der Waals surface area (Å²) in [5.41, 5.74) is 1.12. The van der Waals surface area contributed by atoms with Gasteiger partial charge in [0.05, 0.1) is 0 Å². The third-order valence-corrected chi connectivity index (χ3v) is 4.08. The van der Waals surface area contributed by atoms with Crippen molar-refractivity contribution in [1.82, 2.24) is 9.88 Å². The Morgan fingerprint density at radius 1 is 1.47 bits per heavy atom. The van der Waals surface area contributed by atoms with E-state index < -0.39 is 0 Å². The molecule has 0 saturated heterocycles. The van der Waals surface area contributed by atoms with Crippen molar-refractivity contribution in [2.45, 2.75) is 25.8 Å². The number of fused-ring (bicyclic) bond motifs is 1. The van der Waals surface area contributed by atoms with Gasteiger partial charge >= 0.3 is 0 Å². The van der Waals surface area contributed by atoms with Crippen LogP contribution >= 0.6 is 0 Å². The Morgan fingerprint density at radius 3 is 2.84 bits per heavy atom. The molecule has 1 aliphatic carbocycles. The number of hydrogen-bond acceptors (Lipinski definition) is 1. The molecule has 1 aliphatic rings. The number of carbonyl (C=O) groups excluding carboxylic acids is 1. The number of nitrogens with zero attached hydrogens (tertiary/aromatic N) is 1. The van der Waals surface area contributed by atoms with Crippen molar-refractivity contribution in [3.05, 3.63) is 35.8 Å². The lowest BCUT2D eigenvalue weighted by atomic mass is 10.2. The highest BCUT2D eigenvalue weighted by Crippen LogP contribution is 2.35. The van der Waals surface area contributed by atoms with E-state index in [1.54, 1.807) is 23.1 Å². The SMILES string of the molecule is CC(C1CC1)N(C)C(=O)c1cc2c(F)cccc2[nH]1. The van der Waals surface area contributed by atoms with Gasteiger partial charge < -0.3 is 9.88 Å². The van der Waals surface area contributed by atoms with Crippen LogP contribution in [0.2, 0.25) is 0 Å². The lowest BCUT2D eigenvalue weighted by Gasteiger charge is -2.24. The molecule has 3 rings (SSSR count). The maximum absolute atomic E-state index is 13.6. The average molecular weight is 260 g/mol. The van der Waals surface area contributed by atoms with Gasteiger partial charge in [-0.2, -0.15) is 0 Å². The molecule has 1 saturated carbocycles. The molecule has 4 heteroatoms. The van der Waals surface area contributed by atoms with E-state index in [2.05, 4.69) is 11.9 Å². The molecule has 1 N–H and O–H groups in total. The molecular weight excluding hydrogens is 243 g/mol. The number of hydrogen-bond donors (Lipinski definition) is 1. The number of aromatic nitrogens is 1. The number of rotatable bonds is 3. The molecule has 1 atom stereocenters. The molecule has 0 bridgehead atoms. The molecule has 0 radical (unpaired) electrons. The molecule has 1 aromatic heterocycles. The zero-order valence-electron chi connectivity index (χ0n) is 11.1. The molecule has 1 fully saturated rings. The Bertz CT molecular complexity index is 630. The quantitative estimate of drug-likeness (QED) is 0.904. The largest absolute Gasteiger partial charge is 0.350 e. The van der Waals surface area contributed by atoms with E-state index in [4.69, 9.17) is 0 Å². The lowest BCUT2D eigenvalue weighted by Crippen LogP contribution is -2.36. The molecule has 0 spiro atoms. The first-order chi connectivity index (χ1) is 9.08. The van der Waals surface area contributed by atoms with Crippen molar-refractivity contribution in [3.8, 4) is 0 Å². The van der Waals surface area contributed by atoms with Crippen molar-refractivity contribution in [1.29, 1.82) is 0 Å². The van der Waals surface area contributed by atoms with Crippen LogP contribution in [0.3, 0.4) is 0 Å². The number of aromatic amines is 1. The highest BCUT2D eigenvalue weighted by Gasteiger charge is 2.33. The highest BCUT2D eigenvalue weighted by atomic mass is 19.1. The summed E-state index contributed by atoms with van der Waals surface area (Å²) in [7, 11) is 1.81. The molecule has 1 amide bonds. The summed E-state index contributed by atoms with van der Waals surface area (Å²) >= 11 is 0. The maximum atomic E-state index is 13.6. The Balaban J connectivity index is 1.90. The average Bonchev–Trinajstić information content (AvgIpc) is 3.15. The second-order valence-electron chi connectivity index (χ2n) is 5.38. The predicted molar refractivity (Wildman–Crippen MR) is 72.5 cm³/mol. The molecule has 1 heterocycles. The number of H-pyrrole nitrogens is 1. The van der Waals surface area contributed by atoms with E-state index in [0.717, 1.165) is 0 Å². The molecule has 3 nitrogen and oxygen atoms in total. The fourth-order valence-electron chi connectivity index (χ4n) is 2.50. The van der Waals surface area contributed by atoms with Crippen LogP contribution in [0.1, 0.15) is 30.3 Å². The van der Waals surface area contributed by atoms with Crippen LogP contribution in [0.4, 0.5) is 4.39 Å². The van der Waals surface area contributed by atoms with Gasteiger partial charge in [-0.25, -0.2) is 4.39 Å². The highest BCUT2D eigenvalue weighted by molar-refractivity contribution is 5.98. The molecule has 1 unspecified atom stereocenters. The summed E-state index contributed by atoms with van der Waals surface area (Å²) in [6.07, 6.45) is 2.39. The zero-order chi connectivity index (χ0) is 13.6. The van der Waals surface area contributed by atoms with Gasteiger partial charge in [0.1, 0.15) is 11.5 Å². The first-order valence-electron chi connectivity index (χ1n) is 6.62. The summed E-state index contributed by atoms with van der Waals surface area (Å²) in [6, 6.07) is 6.66. The van der Waals surface area contributed by atoms with Crippen molar-refractivity contribution >= 4 is 16.8 Å². The minimum absolute atomic E-state index is 0.0741. The summed E-state index contributed by atoms with van der Waals surface area (Å²) < 4.78 is 13.6. The number of nitrogens with one attached hydrogen (secondary N) is 1. The summed E-state index contributed by atoms with van der Waals surface area (Å²) in [4.78, 5) is 17.1. The van der Waals surface area contributed by atoms with E-state index >= 15 is 0 Å². The number of benzene rings is 1. The topological polar surface area (TPSA) is 36.1 Å². The van der Waals surface area contributed by atoms with Crippen molar-refractivity contribution in [2.24, 2.45) is 5.92 Å². The van der Waals surface area contributed by atoms with E-state index in [-0.39, 0.29) is 17.8 Å². The number of amides is 1. The van der Waals surface area contributed by atoms with Gasteiger partial charge in [0.15, 0.2) is 0 Å². The van der Waals surface area contributed by atoms with E-state index in [1.807, 2.05) is 7.05 Å². The van der Waals surface area contributed by atoms with Crippen molar-refractivity contribution in [2.75, 3.05) is 7.05 Å². The summed E-state index contributed by atoms with van der Waals surface area (Å²) in [5.74, 6) is 0.246.